The Labute approximate surface area is 133 Å². The zero-order valence-electron chi connectivity index (χ0n) is 12.8. The molecule has 1 aromatic rings. The monoisotopic (exact) mass is 320 g/mol. The van der Waals surface area contributed by atoms with E-state index in [0.717, 1.165) is 25.9 Å². The SMILES string of the molecule is CN1CCC(n2cc(C3(N)N=C(N)C([N+](=O)[O-])=CN3)cn2)CC1. The van der Waals surface area contributed by atoms with Gasteiger partial charge >= 0.3 is 5.70 Å². The highest BCUT2D eigenvalue weighted by molar-refractivity contribution is 5.95. The fourth-order valence-electron chi connectivity index (χ4n) is 2.82. The van der Waals surface area contributed by atoms with E-state index in [0.29, 0.717) is 11.6 Å². The Kier molecular flexibility index (Phi) is 3.78. The van der Waals surface area contributed by atoms with Crippen molar-refractivity contribution in [3.63, 3.8) is 0 Å². The Bertz CT molecular complexity index is 673. The van der Waals surface area contributed by atoms with Crippen LogP contribution in [0.2, 0.25) is 0 Å². The zero-order valence-corrected chi connectivity index (χ0v) is 12.8. The van der Waals surface area contributed by atoms with Gasteiger partial charge in [-0.3, -0.25) is 20.5 Å². The lowest BCUT2D eigenvalue weighted by Gasteiger charge is -2.29. The van der Waals surface area contributed by atoms with Gasteiger partial charge in [0.2, 0.25) is 11.6 Å². The van der Waals surface area contributed by atoms with Gasteiger partial charge in [0.1, 0.15) is 0 Å². The Morgan fingerprint density at radius 2 is 2.17 bits per heavy atom. The van der Waals surface area contributed by atoms with E-state index in [9.17, 15) is 10.1 Å². The third kappa shape index (κ3) is 2.90. The fraction of sp³-hybridized carbons (Fsp3) is 0.538. The molecule has 0 spiro atoms. The molecule has 0 amide bonds. The van der Waals surface area contributed by atoms with Crippen LogP contribution in [-0.4, -0.2) is 45.6 Å². The highest BCUT2D eigenvalue weighted by Gasteiger charge is 2.35. The Morgan fingerprint density at radius 1 is 1.48 bits per heavy atom. The van der Waals surface area contributed by atoms with Crippen molar-refractivity contribution >= 4 is 5.84 Å². The van der Waals surface area contributed by atoms with Crippen molar-refractivity contribution in [3.8, 4) is 0 Å². The van der Waals surface area contributed by atoms with Crippen LogP contribution in [0.5, 0.6) is 0 Å². The van der Waals surface area contributed by atoms with Crippen LogP contribution in [0.4, 0.5) is 0 Å². The number of nitrogens with zero attached hydrogens (tertiary/aromatic N) is 5. The van der Waals surface area contributed by atoms with Crippen molar-refractivity contribution in [1.29, 1.82) is 0 Å². The molecule has 0 radical (unpaired) electrons. The van der Waals surface area contributed by atoms with E-state index in [4.69, 9.17) is 11.5 Å². The average molecular weight is 320 g/mol. The Morgan fingerprint density at radius 3 is 2.78 bits per heavy atom. The first kappa shape index (κ1) is 15.4. The van der Waals surface area contributed by atoms with Gasteiger partial charge < -0.3 is 16.0 Å². The summed E-state index contributed by atoms with van der Waals surface area (Å²) in [6, 6.07) is 0.318. The standard InChI is InChI=1S/C13H20N8O2/c1-19-4-2-10(3-5-19)20-8-9(6-17-20)13(15)16-7-11(21(22)23)12(14)18-13/h6-8,10,16H,2-5,15H2,1H3,(H2,14,18). The Hall–Kier alpha value is -2.46. The predicted octanol–water partition coefficient (Wildman–Crippen LogP) is -0.703. The first-order chi connectivity index (χ1) is 10.9. The van der Waals surface area contributed by atoms with Gasteiger partial charge in [0.25, 0.3) is 0 Å². The molecule has 2 aliphatic rings. The van der Waals surface area contributed by atoms with Gasteiger partial charge in [0.05, 0.1) is 28.9 Å². The number of piperidine rings is 1. The van der Waals surface area contributed by atoms with Crippen molar-refractivity contribution in [2.24, 2.45) is 16.5 Å². The van der Waals surface area contributed by atoms with Crippen molar-refractivity contribution in [3.05, 3.63) is 40.0 Å². The van der Waals surface area contributed by atoms with Gasteiger partial charge in [-0.15, -0.1) is 0 Å². The molecule has 124 valence electrons. The number of aromatic nitrogens is 2. The molecule has 10 heteroatoms. The van der Waals surface area contributed by atoms with E-state index >= 15 is 0 Å². The number of nitrogens with one attached hydrogen (secondary N) is 1. The third-order valence-corrected chi connectivity index (χ3v) is 4.29. The van der Waals surface area contributed by atoms with E-state index in [-0.39, 0.29) is 11.5 Å². The second-order valence-corrected chi connectivity index (χ2v) is 5.94. The molecule has 3 heterocycles. The lowest BCUT2D eigenvalue weighted by atomic mass is 10.1. The van der Waals surface area contributed by atoms with Crippen LogP contribution in [-0.2, 0) is 5.79 Å². The minimum atomic E-state index is -1.34. The molecule has 1 unspecified atom stereocenters. The summed E-state index contributed by atoms with van der Waals surface area (Å²) in [5.74, 6) is -1.55. The summed E-state index contributed by atoms with van der Waals surface area (Å²) in [4.78, 5) is 16.5. The minimum absolute atomic E-state index is 0.205. The maximum Gasteiger partial charge on any atom is 0.326 e. The highest BCUT2D eigenvalue weighted by atomic mass is 16.6. The van der Waals surface area contributed by atoms with Gasteiger partial charge in [-0.25, -0.2) is 4.99 Å². The van der Waals surface area contributed by atoms with Crippen LogP contribution < -0.4 is 16.8 Å². The molecule has 1 fully saturated rings. The second-order valence-electron chi connectivity index (χ2n) is 5.94. The van der Waals surface area contributed by atoms with Crippen LogP contribution in [0.3, 0.4) is 0 Å². The van der Waals surface area contributed by atoms with Gasteiger partial charge in [-0.1, -0.05) is 0 Å². The van der Waals surface area contributed by atoms with Crippen LogP contribution >= 0.6 is 0 Å². The number of aliphatic imine (C=N–C) groups is 1. The first-order valence-electron chi connectivity index (χ1n) is 7.39. The van der Waals surface area contributed by atoms with Gasteiger partial charge in [-0.05, 0) is 33.0 Å². The number of rotatable bonds is 3. The number of likely N-dealkylation sites (tertiary alicyclic amines) is 1. The minimum Gasteiger partial charge on any atom is -0.378 e. The molecule has 0 aromatic carbocycles. The van der Waals surface area contributed by atoms with Gasteiger partial charge in [0.15, 0.2) is 0 Å². The second kappa shape index (κ2) is 5.63. The number of nitrogens with two attached hydrogens (primary N) is 2. The van der Waals surface area contributed by atoms with Crippen LogP contribution in [0.1, 0.15) is 24.4 Å². The van der Waals surface area contributed by atoms with Crippen molar-refractivity contribution in [1.82, 2.24) is 20.0 Å². The Balaban J connectivity index is 1.79. The smallest absolute Gasteiger partial charge is 0.326 e. The topological polar surface area (TPSA) is 141 Å². The molecule has 0 aliphatic carbocycles. The molecule has 5 N–H and O–H groups in total. The summed E-state index contributed by atoms with van der Waals surface area (Å²) in [5, 5.41) is 17.9. The predicted molar refractivity (Wildman–Crippen MR) is 83.7 cm³/mol. The molecule has 0 bridgehead atoms. The number of amidine groups is 1. The summed E-state index contributed by atoms with van der Waals surface area (Å²) in [7, 11) is 2.10. The van der Waals surface area contributed by atoms with Crippen LogP contribution in [0.15, 0.2) is 29.3 Å². The lowest BCUT2D eigenvalue weighted by Crippen LogP contribution is -2.51. The third-order valence-electron chi connectivity index (χ3n) is 4.29. The lowest BCUT2D eigenvalue weighted by molar-refractivity contribution is -0.416. The maximum absolute atomic E-state index is 10.8. The maximum atomic E-state index is 10.8. The molecule has 1 atom stereocenters. The quantitative estimate of drug-likeness (QED) is 0.494. The normalized spacial score (nSPS) is 26.3. The first-order valence-corrected chi connectivity index (χ1v) is 7.39. The van der Waals surface area contributed by atoms with E-state index in [1.54, 1.807) is 6.20 Å². The number of nitro groups is 1. The van der Waals surface area contributed by atoms with Crippen molar-refractivity contribution in [2.75, 3.05) is 20.1 Å². The van der Waals surface area contributed by atoms with Crippen LogP contribution in [0, 0.1) is 10.1 Å². The summed E-state index contributed by atoms with van der Waals surface area (Å²) in [6.45, 7) is 2.04. The van der Waals surface area contributed by atoms with Gasteiger partial charge in [0, 0.05) is 6.20 Å². The molecule has 0 saturated carbocycles. The summed E-state index contributed by atoms with van der Waals surface area (Å²) >= 11 is 0. The highest BCUT2D eigenvalue weighted by Crippen LogP contribution is 2.25. The van der Waals surface area contributed by atoms with Crippen molar-refractivity contribution < 1.29 is 4.92 Å². The number of hydrogen-bond donors (Lipinski definition) is 3. The zero-order chi connectivity index (χ0) is 16.6. The average Bonchev–Trinajstić information content (AvgIpc) is 2.98. The largest absolute Gasteiger partial charge is 0.378 e. The van der Waals surface area contributed by atoms with E-state index in [2.05, 4.69) is 27.4 Å². The van der Waals surface area contributed by atoms with E-state index < -0.39 is 10.7 Å². The molecule has 23 heavy (non-hydrogen) atoms. The number of hydrogen-bond acceptors (Lipinski definition) is 8. The summed E-state index contributed by atoms with van der Waals surface area (Å²) in [6.07, 6.45) is 6.64. The summed E-state index contributed by atoms with van der Waals surface area (Å²) < 4.78 is 1.89. The molecular weight excluding hydrogens is 300 g/mol. The fourth-order valence-corrected chi connectivity index (χ4v) is 2.82. The van der Waals surface area contributed by atoms with E-state index in [1.165, 1.54) is 6.20 Å². The van der Waals surface area contributed by atoms with E-state index in [1.807, 2.05) is 10.9 Å². The van der Waals surface area contributed by atoms with Crippen LogP contribution in [0.25, 0.3) is 0 Å². The molecule has 1 aromatic heterocycles. The molecular formula is C13H20N8O2. The molecule has 3 rings (SSSR count). The molecule has 10 nitrogen and oxygen atoms in total. The molecule has 2 aliphatic heterocycles. The van der Waals surface area contributed by atoms with Gasteiger partial charge in [-0.2, -0.15) is 5.10 Å². The van der Waals surface area contributed by atoms with Crippen molar-refractivity contribution in [2.45, 2.75) is 24.7 Å². The molecule has 1 saturated heterocycles. The summed E-state index contributed by atoms with van der Waals surface area (Å²) in [5.41, 5.74) is 12.1.